The number of carbonyl (C=O) groups is 3. The number of allylic oxidation sites excluding steroid dienone is 20. The summed E-state index contributed by atoms with van der Waals surface area (Å²) in [5, 5.41) is 0. The monoisotopic (exact) mass is 1150 g/mol. The fraction of sp³-hybridized carbons (Fsp3) is 0.701. The largest absolute Gasteiger partial charge is 0.462 e. The van der Waals surface area contributed by atoms with E-state index in [4.69, 9.17) is 14.2 Å². The minimum atomic E-state index is -0.792. The molecule has 0 fully saturated rings. The molecular formula is C77H130O6. The number of unbranched alkanes of at least 4 members (excludes halogenated alkanes) is 32. The summed E-state index contributed by atoms with van der Waals surface area (Å²) in [7, 11) is 0. The first-order valence-electron chi connectivity index (χ1n) is 35.0. The topological polar surface area (TPSA) is 78.9 Å². The minimum absolute atomic E-state index is 0.0881. The Morgan fingerprint density at radius 2 is 0.470 bits per heavy atom. The molecule has 0 saturated heterocycles. The Bertz CT molecular complexity index is 1700. The van der Waals surface area contributed by atoms with Gasteiger partial charge in [-0.15, -0.1) is 0 Å². The van der Waals surface area contributed by atoms with Gasteiger partial charge in [-0.05, 0) is 116 Å². The molecule has 0 saturated carbocycles. The Kier molecular flexibility index (Phi) is 66.7. The van der Waals surface area contributed by atoms with Gasteiger partial charge in [-0.2, -0.15) is 0 Å². The van der Waals surface area contributed by atoms with Crippen LogP contribution in [0, 0.1) is 0 Å². The maximum Gasteiger partial charge on any atom is 0.306 e. The highest BCUT2D eigenvalue weighted by atomic mass is 16.6. The molecule has 0 radical (unpaired) electrons. The molecule has 0 amide bonds. The van der Waals surface area contributed by atoms with Gasteiger partial charge in [0.25, 0.3) is 0 Å². The molecule has 6 nitrogen and oxygen atoms in total. The van der Waals surface area contributed by atoms with Crippen LogP contribution >= 0.6 is 0 Å². The van der Waals surface area contributed by atoms with Crippen LogP contribution in [0.25, 0.3) is 0 Å². The molecule has 0 rings (SSSR count). The summed E-state index contributed by atoms with van der Waals surface area (Å²) in [6, 6.07) is 0. The van der Waals surface area contributed by atoms with E-state index in [-0.39, 0.29) is 31.1 Å². The SMILES string of the molecule is CC/C=C\C/C=C\C/C=C\C/C=C\C/C=C\C/C=C\C/C=C\C/C=C\C/C=C\CCCCCC(=O)OCC(COC(=O)CCCCCCCCC)OC(=O)CCCCCCCCCCCCCCCCC/C=C\CCCCCCCCCC. The zero-order valence-corrected chi connectivity index (χ0v) is 54.4. The second kappa shape index (κ2) is 70.3. The predicted octanol–water partition coefficient (Wildman–Crippen LogP) is 24.3. The number of rotatable bonds is 63. The first-order chi connectivity index (χ1) is 41.0. The van der Waals surface area contributed by atoms with Crippen LogP contribution in [0.4, 0.5) is 0 Å². The first-order valence-corrected chi connectivity index (χ1v) is 35.0. The van der Waals surface area contributed by atoms with E-state index in [1.807, 2.05) is 0 Å². The van der Waals surface area contributed by atoms with Crippen molar-refractivity contribution in [2.45, 2.75) is 335 Å². The number of hydrogen-bond acceptors (Lipinski definition) is 6. The first kappa shape index (κ1) is 78.8. The van der Waals surface area contributed by atoms with Gasteiger partial charge in [0.05, 0.1) is 0 Å². The summed E-state index contributed by atoms with van der Waals surface area (Å²) in [5.41, 5.74) is 0. The lowest BCUT2D eigenvalue weighted by molar-refractivity contribution is -0.167. The molecule has 0 bridgehead atoms. The average Bonchev–Trinajstić information content (AvgIpc) is 3.50. The molecule has 0 spiro atoms. The van der Waals surface area contributed by atoms with Crippen LogP contribution in [-0.2, 0) is 28.6 Å². The molecule has 1 unspecified atom stereocenters. The molecule has 0 aromatic heterocycles. The highest BCUT2D eigenvalue weighted by molar-refractivity contribution is 5.71. The van der Waals surface area contributed by atoms with E-state index in [2.05, 4.69) is 142 Å². The molecule has 0 heterocycles. The van der Waals surface area contributed by atoms with Gasteiger partial charge in [0.2, 0.25) is 0 Å². The summed E-state index contributed by atoms with van der Waals surface area (Å²) in [5.74, 6) is -0.921. The van der Waals surface area contributed by atoms with Crippen LogP contribution in [-0.4, -0.2) is 37.2 Å². The van der Waals surface area contributed by atoms with E-state index in [1.165, 1.54) is 167 Å². The molecule has 6 heteroatoms. The molecule has 0 aliphatic rings. The predicted molar refractivity (Wildman–Crippen MR) is 362 cm³/mol. The lowest BCUT2D eigenvalue weighted by atomic mass is 10.0. The van der Waals surface area contributed by atoms with Crippen molar-refractivity contribution < 1.29 is 28.6 Å². The summed E-state index contributed by atoms with van der Waals surface area (Å²) in [6.07, 6.45) is 98.3. The van der Waals surface area contributed by atoms with E-state index in [9.17, 15) is 14.4 Å². The van der Waals surface area contributed by atoms with Crippen molar-refractivity contribution in [1.82, 2.24) is 0 Å². The average molecular weight is 1150 g/mol. The molecule has 0 aromatic carbocycles. The van der Waals surface area contributed by atoms with Crippen molar-refractivity contribution in [1.29, 1.82) is 0 Å². The molecule has 0 aromatic rings. The van der Waals surface area contributed by atoms with Gasteiger partial charge in [0.1, 0.15) is 13.2 Å². The highest BCUT2D eigenvalue weighted by Crippen LogP contribution is 2.17. The smallest absolute Gasteiger partial charge is 0.306 e. The van der Waals surface area contributed by atoms with E-state index < -0.39 is 6.10 Å². The maximum absolute atomic E-state index is 12.9. The van der Waals surface area contributed by atoms with Crippen molar-refractivity contribution >= 4 is 17.9 Å². The van der Waals surface area contributed by atoms with Crippen LogP contribution < -0.4 is 0 Å². The van der Waals surface area contributed by atoms with Gasteiger partial charge in [-0.1, -0.05) is 316 Å². The fourth-order valence-corrected chi connectivity index (χ4v) is 9.73. The number of hydrogen-bond donors (Lipinski definition) is 0. The normalized spacial score (nSPS) is 12.9. The third kappa shape index (κ3) is 68.5. The van der Waals surface area contributed by atoms with Crippen molar-refractivity contribution in [3.05, 3.63) is 122 Å². The second-order valence-electron chi connectivity index (χ2n) is 23.1. The summed E-state index contributed by atoms with van der Waals surface area (Å²) in [6.45, 7) is 6.48. The van der Waals surface area contributed by atoms with Gasteiger partial charge in [-0.25, -0.2) is 0 Å². The Morgan fingerprint density at radius 3 is 0.759 bits per heavy atom. The molecular weight excluding hydrogens is 1020 g/mol. The Hall–Kier alpha value is -4.19. The number of carbonyl (C=O) groups excluding carboxylic acids is 3. The molecule has 83 heavy (non-hydrogen) atoms. The van der Waals surface area contributed by atoms with Crippen molar-refractivity contribution in [2.75, 3.05) is 13.2 Å². The zero-order valence-electron chi connectivity index (χ0n) is 54.4. The lowest BCUT2D eigenvalue weighted by Gasteiger charge is -2.18. The van der Waals surface area contributed by atoms with Crippen LogP contribution in [0.1, 0.15) is 329 Å². The van der Waals surface area contributed by atoms with Crippen LogP contribution in [0.15, 0.2) is 122 Å². The van der Waals surface area contributed by atoms with Gasteiger partial charge in [0, 0.05) is 19.3 Å². The van der Waals surface area contributed by atoms with Gasteiger partial charge in [0.15, 0.2) is 6.10 Å². The third-order valence-corrected chi connectivity index (χ3v) is 15.0. The Morgan fingerprint density at radius 1 is 0.253 bits per heavy atom. The lowest BCUT2D eigenvalue weighted by Crippen LogP contribution is -2.30. The third-order valence-electron chi connectivity index (χ3n) is 15.0. The number of esters is 3. The van der Waals surface area contributed by atoms with E-state index in [1.54, 1.807) is 0 Å². The summed E-state index contributed by atoms with van der Waals surface area (Å²) >= 11 is 0. The molecule has 0 N–H and O–H groups in total. The Labute approximate surface area is 513 Å². The minimum Gasteiger partial charge on any atom is -0.462 e. The van der Waals surface area contributed by atoms with Crippen molar-refractivity contribution in [3.63, 3.8) is 0 Å². The molecule has 0 aliphatic heterocycles. The maximum atomic E-state index is 12.9. The zero-order chi connectivity index (χ0) is 59.9. The number of ether oxygens (including phenoxy) is 3. The van der Waals surface area contributed by atoms with Gasteiger partial charge < -0.3 is 14.2 Å². The fourth-order valence-electron chi connectivity index (χ4n) is 9.73. The van der Waals surface area contributed by atoms with E-state index >= 15 is 0 Å². The summed E-state index contributed by atoms with van der Waals surface area (Å²) < 4.78 is 16.8. The Balaban J connectivity index is 4.18. The standard InChI is InChI=1S/C77H130O6/c1-4-7-10-13-16-18-20-22-24-26-28-30-32-34-36-37-38-39-41-42-44-46-48-50-52-54-56-58-61-64-67-70-76(79)82-73-74(72-81-75(78)69-66-63-60-15-12-9-6-3)83-77(80)71-68-65-62-59-57-55-53-51-49-47-45-43-40-35-33-31-29-27-25-23-21-19-17-14-11-8-5-2/h7,10,16,18,22,24,27-30,34,36,38-39,42,44,48,50,54,56,74H,4-6,8-9,11-15,17,19-21,23,25-26,31-33,35,37,40-41,43,45-47,49,51-53,55,57-73H2,1-3H3/b10-7-,18-16-,24-22-,29-27-,30-28-,36-34-,39-38-,44-42-,50-48-,56-54-. The highest BCUT2D eigenvalue weighted by Gasteiger charge is 2.19. The van der Waals surface area contributed by atoms with Crippen molar-refractivity contribution in [2.24, 2.45) is 0 Å². The van der Waals surface area contributed by atoms with Gasteiger partial charge >= 0.3 is 17.9 Å². The quantitative estimate of drug-likeness (QED) is 0.0261. The molecule has 1 atom stereocenters. The summed E-state index contributed by atoms with van der Waals surface area (Å²) in [4.78, 5) is 38.2. The van der Waals surface area contributed by atoms with Crippen molar-refractivity contribution in [3.8, 4) is 0 Å². The molecule has 0 aliphatic carbocycles. The van der Waals surface area contributed by atoms with Crippen LogP contribution in [0.3, 0.4) is 0 Å². The van der Waals surface area contributed by atoms with Crippen LogP contribution in [0.5, 0.6) is 0 Å². The molecule has 474 valence electrons. The van der Waals surface area contributed by atoms with Gasteiger partial charge in [-0.3, -0.25) is 14.4 Å². The van der Waals surface area contributed by atoms with E-state index in [0.717, 1.165) is 122 Å². The second-order valence-corrected chi connectivity index (χ2v) is 23.1. The van der Waals surface area contributed by atoms with Crippen LogP contribution in [0.2, 0.25) is 0 Å². The van der Waals surface area contributed by atoms with E-state index in [0.29, 0.717) is 19.3 Å².